The summed E-state index contributed by atoms with van der Waals surface area (Å²) in [5.41, 5.74) is 0.802. The minimum Gasteiger partial charge on any atom is -0.326 e. The van der Waals surface area contributed by atoms with E-state index in [4.69, 9.17) is 0 Å². The van der Waals surface area contributed by atoms with Crippen LogP contribution >= 0.6 is 0 Å². The van der Waals surface area contributed by atoms with Crippen LogP contribution in [-0.4, -0.2) is 14.3 Å². The number of carbonyl (C=O) groups excluding carboxylic acids is 1. The fourth-order valence-electron chi connectivity index (χ4n) is 1.90. The third-order valence-corrected chi connectivity index (χ3v) is 4.42. The Morgan fingerprint density at radius 3 is 2.13 bits per heavy atom. The first-order valence-corrected chi connectivity index (χ1v) is 8.57. The van der Waals surface area contributed by atoms with Gasteiger partial charge in [0.2, 0.25) is 5.91 Å². The second-order valence-corrected chi connectivity index (χ2v) is 6.62. The molecule has 0 aromatic heterocycles. The highest BCUT2D eigenvalue weighted by Crippen LogP contribution is 2.18. The summed E-state index contributed by atoms with van der Waals surface area (Å²) >= 11 is 0. The molecule has 2 N–H and O–H groups in total. The Labute approximate surface area is 134 Å². The number of halogens is 1. The van der Waals surface area contributed by atoms with E-state index in [1.54, 1.807) is 0 Å². The van der Waals surface area contributed by atoms with Gasteiger partial charge in [0.25, 0.3) is 10.0 Å². The molecule has 0 atom stereocenters. The van der Waals surface area contributed by atoms with Crippen molar-refractivity contribution < 1.29 is 17.6 Å². The van der Waals surface area contributed by atoms with Gasteiger partial charge in [-0.15, -0.1) is 0 Å². The Hall–Kier alpha value is -2.41. The van der Waals surface area contributed by atoms with E-state index in [0.717, 1.165) is 6.42 Å². The molecule has 0 fully saturated rings. The summed E-state index contributed by atoms with van der Waals surface area (Å²) in [5.74, 6) is -0.562. The van der Waals surface area contributed by atoms with Crippen LogP contribution in [0.5, 0.6) is 0 Å². The summed E-state index contributed by atoms with van der Waals surface area (Å²) < 4.78 is 39.7. The molecular weight excluding hydrogens is 319 g/mol. The van der Waals surface area contributed by atoms with E-state index < -0.39 is 15.8 Å². The maximum atomic E-state index is 12.8. The lowest BCUT2D eigenvalue weighted by Gasteiger charge is -2.09. The molecule has 0 saturated heterocycles. The zero-order valence-corrected chi connectivity index (χ0v) is 13.4. The summed E-state index contributed by atoms with van der Waals surface area (Å²) in [6.07, 6.45) is 1.14. The van der Waals surface area contributed by atoms with Gasteiger partial charge >= 0.3 is 0 Å². The van der Waals surface area contributed by atoms with E-state index in [9.17, 15) is 17.6 Å². The lowest BCUT2D eigenvalue weighted by Crippen LogP contribution is -2.14. The van der Waals surface area contributed by atoms with Gasteiger partial charge in [-0.1, -0.05) is 6.92 Å². The van der Waals surface area contributed by atoms with Crippen LogP contribution in [-0.2, 0) is 14.8 Å². The molecule has 2 rings (SSSR count). The Bertz CT molecular complexity index is 772. The second kappa shape index (κ2) is 7.23. The number of hydrogen-bond donors (Lipinski definition) is 2. The van der Waals surface area contributed by atoms with Gasteiger partial charge in [0, 0.05) is 17.8 Å². The van der Waals surface area contributed by atoms with Crippen LogP contribution in [0.25, 0.3) is 0 Å². The molecule has 0 radical (unpaired) electrons. The van der Waals surface area contributed by atoms with Gasteiger partial charge in [-0.3, -0.25) is 9.52 Å². The predicted octanol–water partition coefficient (Wildman–Crippen LogP) is 3.37. The van der Waals surface area contributed by atoms with Crippen LogP contribution in [0.4, 0.5) is 15.8 Å². The van der Waals surface area contributed by atoms with E-state index in [0.29, 0.717) is 12.1 Å². The minimum absolute atomic E-state index is 0.0512. The SMILES string of the molecule is CCCC(=O)Nc1ccc(S(=O)(=O)Nc2ccc(F)cc2)cc1. The molecule has 0 aliphatic rings. The molecule has 2 aromatic rings. The van der Waals surface area contributed by atoms with E-state index in [1.165, 1.54) is 48.5 Å². The number of carbonyl (C=O) groups is 1. The fourth-order valence-corrected chi connectivity index (χ4v) is 2.96. The van der Waals surface area contributed by atoms with Crippen molar-refractivity contribution in [2.45, 2.75) is 24.7 Å². The number of nitrogens with one attached hydrogen (secondary N) is 2. The third-order valence-electron chi connectivity index (χ3n) is 3.02. The Morgan fingerprint density at radius 1 is 1.00 bits per heavy atom. The largest absolute Gasteiger partial charge is 0.326 e. The monoisotopic (exact) mass is 336 g/mol. The number of hydrogen-bond acceptors (Lipinski definition) is 3. The molecule has 23 heavy (non-hydrogen) atoms. The lowest BCUT2D eigenvalue weighted by molar-refractivity contribution is -0.116. The molecule has 5 nitrogen and oxygen atoms in total. The molecule has 0 unspecified atom stereocenters. The Balaban J connectivity index is 2.11. The van der Waals surface area contributed by atoms with Gasteiger partial charge < -0.3 is 5.32 Å². The van der Waals surface area contributed by atoms with Gasteiger partial charge in [0.15, 0.2) is 0 Å². The van der Waals surface area contributed by atoms with Gasteiger partial charge in [-0.05, 0) is 55.0 Å². The molecule has 0 saturated carbocycles. The van der Waals surface area contributed by atoms with E-state index >= 15 is 0 Å². The molecule has 1 amide bonds. The van der Waals surface area contributed by atoms with Crippen molar-refractivity contribution in [3.05, 3.63) is 54.3 Å². The van der Waals surface area contributed by atoms with Gasteiger partial charge in [0.05, 0.1) is 4.90 Å². The van der Waals surface area contributed by atoms with E-state index in [-0.39, 0.29) is 16.5 Å². The highest BCUT2D eigenvalue weighted by molar-refractivity contribution is 7.92. The molecule has 2 aromatic carbocycles. The number of sulfonamides is 1. The molecule has 0 spiro atoms. The van der Waals surface area contributed by atoms with Crippen molar-refractivity contribution in [3.8, 4) is 0 Å². The zero-order chi connectivity index (χ0) is 16.9. The molecule has 0 aliphatic carbocycles. The van der Waals surface area contributed by atoms with Crippen LogP contribution in [0.1, 0.15) is 19.8 Å². The third kappa shape index (κ3) is 4.79. The smallest absolute Gasteiger partial charge is 0.261 e. The standard InChI is InChI=1S/C16H17FN2O3S/c1-2-3-16(20)18-13-8-10-15(11-9-13)23(21,22)19-14-6-4-12(17)5-7-14/h4-11,19H,2-3H2,1H3,(H,18,20). The highest BCUT2D eigenvalue weighted by Gasteiger charge is 2.14. The van der Waals surface area contributed by atoms with Crippen LogP contribution < -0.4 is 10.0 Å². The number of anilines is 2. The highest BCUT2D eigenvalue weighted by atomic mass is 32.2. The van der Waals surface area contributed by atoms with E-state index in [2.05, 4.69) is 10.0 Å². The molecule has 0 aliphatic heterocycles. The molecular formula is C16H17FN2O3S. The van der Waals surface area contributed by atoms with Gasteiger partial charge in [-0.2, -0.15) is 0 Å². The maximum absolute atomic E-state index is 12.8. The quantitative estimate of drug-likeness (QED) is 0.849. The number of rotatable bonds is 6. The van der Waals surface area contributed by atoms with E-state index in [1.807, 2.05) is 6.92 Å². The first-order chi connectivity index (χ1) is 10.9. The zero-order valence-electron chi connectivity index (χ0n) is 12.5. The predicted molar refractivity (Wildman–Crippen MR) is 87.2 cm³/mol. The summed E-state index contributed by atoms with van der Waals surface area (Å²) in [6, 6.07) is 10.9. The van der Waals surface area contributed by atoms with Crippen molar-refractivity contribution in [2.24, 2.45) is 0 Å². The molecule has 122 valence electrons. The normalized spacial score (nSPS) is 11.0. The Kier molecular flexibility index (Phi) is 5.33. The molecule has 7 heteroatoms. The number of benzene rings is 2. The first-order valence-electron chi connectivity index (χ1n) is 7.09. The van der Waals surface area contributed by atoms with Crippen molar-refractivity contribution in [3.63, 3.8) is 0 Å². The van der Waals surface area contributed by atoms with Gasteiger partial charge in [-0.25, -0.2) is 12.8 Å². The van der Waals surface area contributed by atoms with Gasteiger partial charge in [0.1, 0.15) is 5.82 Å². The molecule has 0 bridgehead atoms. The average molecular weight is 336 g/mol. The van der Waals surface area contributed by atoms with Crippen molar-refractivity contribution >= 4 is 27.3 Å². The number of amides is 1. The first kappa shape index (κ1) is 17.0. The van der Waals surface area contributed by atoms with Crippen molar-refractivity contribution in [2.75, 3.05) is 10.0 Å². The van der Waals surface area contributed by atoms with Crippen LogP contribution in [0.3, 0.4) is 0 Å². The summed E-state index contributed by atoms with van der Waals surface area (Å²) in [5, 5.41) is 2.68. The maximum Gasteiger partial charge on any atom is 0.261 e. The summed E-state index contributed by atoms with van der Waals surface area (Å²) in [4.78, 5) is 11.5. The topological polar surface area (TPSA) is 75.3 Å². The Morgan fingerprint density at radius 2 is 1.57 bits per heavy atom. The van der Waals surface area contributed by atoms with Crippen LogP contribution in [0.2, 0.25) is 0 Å². The van der Waals surface area contributed by atoms with Crippen LogP contribution in [0.15, 0.2) is 53.4 Å². The van der Waals surface area contributed by atoms with Crippen LogP contribution in [0, 0.1) is 5.82 Å². The second-order valence-electron chi connectivity index (χ2n) is 4.93. The van der Waals surface area contributed by atoms with Crippen molar-refractivity contribution in [1.29, 1.82) is 0 Å². The lowest BCUT2D eigenvalue weighted by atomic mass is 10.3. The minimum atomic E-state index is -3.77. The summed E-state index contributed by atoms with van der Waals surface area (Å²) in [6.45, 7) is 1.90. The summed E-state index contributed by atoms with van der Waals surface area (Å²) in [7, 11) is -3.77. The fraction of sp³-hybridized carbons (Fsp3) is 0.188. The average Bonchev–Trinajstić information content (AvgIpc) is 2.50. The van der Waals surface area contributed by atoms with Crippen molar-refractivity contribution in [1.82, 2.24) is 0 Å². The molecule has 0 heterocycles.